The molecular formula is C11H15N3O2. The Morgan fingerprint density at radius 2 is 2.31 bits per heavy atom. The van der Waals surface area contributed by atoms with Crippen molar-refractivity contribution in [2.45, 2.75) is 19.9 Å². The number of nitrogen functional groups attached to an aromatic ring is 1. The van der Waals surface area contributed by atoms with Crippen LogP contribution in [0.1, 0.15) is 12.7 Å². The molecule has 0 fully saturated rings. The van der Waals surface area contributed by atoms with Gasteiger partial charge in [-0.1, -0.05) is 6.92 Å². The van der Waals surface area contributed by atoms with Crippen LogP contribution in [0.5, 0.6) is 0 Å². The van der Waals surface area contributed by atoms with Gasteiger partial charge in [0.15, 0.2) is 5.76 Å². The zero-order valence-corrected chi connectivity index (χ0v) is 9.18. The van der Waals surface area contributed by atoms with Gasteiger partial charge in [0, 0.05) is 12.5 Å². The van der Waals surface area contributed by atoms with Gasteiger partial charge in [-0.05, 0) is 12.1 Å². The summed E-state index contributed by atoms with van der Waals surface area (Å²) in [6, 6.07) is 5.55. The molecule has 2 rings (SSSR count). The molecule has 0 aliphatic heterocycles. The lowest BCUT2D eigenvalue weighted by Crippen LogP contribution is -2.07. The van der Waals surface area contributed by atoms with Crippen molar-refractivity contribution in [1.29, 1.82) is 0 Å². The fourth-order valence-electron chi connectivity index (χ4n) is 1.53. The number of nitrogens with zero attached hydrogens (tertiary/aromatic N) is 2. The molecular weight excluding hydrogens is 206 g/mol. The van der Waals surface area contributed by atoms with Crippen molar-refractivity contribution in [3.63, 3.8) is 0 Å². The first kappa shape index (κ1) is 10.8. The van der Waals surface area contributed by atoms with Crippen LogP contribution < -0.4 is 5.73 Å². The number of hydrogen-bond acceptors (Lipinski definition) is 4. The zero-order valence-electron chi connectivity index (χ0n) is 9.18. The molecule has 0 spiro atoms. The molecule has 0 saturated carbocycles. The first-order valence-electron chi connectivity index (χ1n) is 5.28. The molecule has 0 unspecified atom stereocenters. The minimum absolute atomic E-state index is 0.0175. The summed E-state index contributed by atoms with van der Waals surface area (Å²) < 4.78 is 7.13. The van der Waals surface area contributed by atoms with Crippen LogP contribution in [0.4, 0.5) is 5.82 Å². The molecule has 2 aromatic rings. The summed E-state index contributed by atoms with van der Waals surface area (Å²) in [7, 11) is 0. The molecule has 16 heavy (non-hydrogen) atoms. The summed E-state index contributed by atoms with van der Waals surface area (Å²) in [6.45, 7) is 2.44. The third-order valence-electron chi connectivity index (χ3n) is 2.39. The predicted molar refractivity (Wildman–Crippen MR) is 60.8 cm³/mol. The number of aliphatic hydroxyl groups excluding tert-OH is 1. The molecule has 0 aliphatic carbocycles. The van der Waals surface area contributed by atoms with Crippen LogP contribution in [0.3, 0.4) is 0 Å². The number of nitrogens with two attached hydrogens (primary N) is 1. The molecule has 0 bridgehead atoms. The van der Waals surface area contributed by atoms with Gasteiger partial charge in [0.05, 0.1) is 13.2 Å². The van der Waals surface area contributed by atoms with Gasteiger partial charge in [-0.15, -0.1) is 0 Å². The van der Waals surface area contributed by atoms with E-state index >= 15 is 0 Å². The molecule has 86 valence electrons. The van der Waals surface area contributed by atoms with Crippen LogP contribution in [0.2, 0.25) is 0 Å². The molecule has 3 N–H and O–H groups in total. The van der Waals surface area contributed by atoms with Gasteiger partial charge in [-0.25, -0.2) is 4.68 Å². The number of rotatable bonds is 4. The Morgan fingerprint density at radius 1 is 1.50 bits per heavy atom. The molecule has 0 amide bonds. The predicted octanol–water partition coefficient (Wildman–Crippen LogP) is 1.28. The standard InChI is InChI=1S/C11H15N3O2/c1-2-8-3-4-10(16-8)9-7-11(12)14(13-9)5-6-15/h3-4,7,15H,2,5-6,12H2,1H3. The van der Waals surface area contributed by atoms with Gasteiger partial charge in [0.1, 0.15) is 17.3 Å². The van der Waals surface area contributed by atoms with Crippen molar-refractivity contribution in [1.82, 2.24) is 9.78 Å². The fourth-order valence-corrected chi connectivity index (χ4v) is 1.53. The molecule has 5 nitrogen and oxygen atoms in total. The average Bonchev–Trinajstić information content (AvgIpc) is 2.86. The highest BCUT2D eigenvalue weighted by atomic mass is 16.3. The van der Waals surface area contributed by atoms with E-state index in [0.717, 1.165) is 12.2 Å². The lowest BCUT2D eigenvalue weighted by Gasteiger charge is -1.98. The summed E-state index contributed by atoms with van der Waals surface area (Å²) in [5.41, 5.74) is 6.45. The van der Waals surface area contributed by atoms with E-state index in [2.05, 4.69) is 5.10 Å². The third kappa shape index (κ3) is 1.94. The average molecular weight is 221 g/mol. The largest absolute Gasteiger partial charge is 0.459 e. The van der Waals surface area contributed by atoms with Crippen LogP contribution in [0.25, 0.3) is 11.5 Å². The monoisotopic (exact) mass is 221 g/mol. The quantitative estimate of drug-likeness (QED) is 0.815. The first-order chi connectivity index (χ1) is 7.74. The van der Waals surface area contributed by atoms with Crippen LogP contribution in [0.15, 0.2) is 22.6 Å². The van der Waals surface area contributed by atoms with Gasteiger partial charge >= 0.3 is 0 Å². The molecule has 0 saturated heterocycles. The van der Waals surface area contributed by atoms with E-state index in [1.807, 2.05) is 19.1 Å². The minimum Gasteiger partial charge on any atom is -0.459 e. The molecule has 0 radical (unpaired) electrons. The van der Waals surface area contributed by atoms with Crippen molar-refractivity contribution < 1.29 is 9.52 Å². The lowest BCUT2D eigenvalue weighted by atomic mass is 10.3. The highest BCUT2D eigenvalue weighted by Gasteiger charge is 2.10. The molecule has 0 aliphatic rings. The Kier molecular flexibility index (Phi) is 2.96. The molecule has 2 heterocycles. The van der Waals surface area contributed by atoms with Gasteiger partial charge in [-0.2, -0.15) is 5.10 Å². The number of aromatic nitrogens is 2. The molecule has 2 aromatic heterocycles. The Hall–Kier alpha value is -1.75. The maximum absolute atomic E-state index is 8.83. The zero-order chi connectivity index (χ0) is 11.5. The van der Waals surface area contributed by atoms with E-state index in [9.17, 15) is 0 Å². The van der Waals surface area contributed by atoms with Crippen molar-refractivity contribution in [3.8, 4) is 11.5 Å². The Morgan fingerprint density at radius 3 is 2.94 bits per heavy atom. The smallest absolute Gasteiger partial charge is 0.154 e. The Labute approximate surface area is 93.5 Å². The summed E-state index contributed by atoms with van der Waals surface area (Å²) >= 11 is 0. The second-order valence-corrected chi connectivity index (χ2v) is 3.52. The topological polar surface area (TPSA) is 77.2 Å². The SMILES string of the molecule is CCc1ccc(-c2cc(N)n(CCO)n2)o1. The van der Waals surface area contributed by atoms with Crippen molar-refractivity contribution in [2.75, 3.05) is 12.3 Å². The molecule has 5 heteroatoms. The second kappa shape index (κ2) is 4.40. The van der Waals surface area contributed by atoms with E-state index in [1.54, 1.807) is 10.7 Å². The van der Waals surface area contributed by atoms with E-state index in [0.29, 0.717) is 23.8 Å². The van der Waals surface area contributed by atoms with Crippen LogP contribution in [-0.4, -0.2) is 21.5 Å². The summed E-state index contributed by atoms with van der Waals surface area (Å²) in [5, 5.41) is 13.1. The van der Waals surface area contributed by atoms with Crippen LogP contribution in [0, 0.1) is 0 Å². The molecule has 0 aromatic carbocycles. The fraction of sp³-hybridized carbons (Fsp3) is 0.364. The highest BCUT2D eigenvalue weighted by molar-refractivity contribution is 5.56. The summed E-state index contributed by atoms with van der Waals surface area (Å²) in [4.78, 5) is 0. The van der Waals surface area contributed by atoms with E-state index in [-0.39, 0.29) is 6.61 Å². The van der Waals surface area contributed by atoms with Gasteiger partial charge in [0.2, 0.25) is 0 Å². The van der Waals surface area contributed by atoms with E-state index in [1.165, 1.54) is 0 Å². The number of hydrogen-bond donors (Lipinski definition) is 2. The Bertz CT molecular complexity index is 473. The van der Waals surface area contributed by atoms with Gasteiger partial charge in [0.25, 0.3) is 0 Å². The van der Waals surface area contributed by atoms with Crippen molar-refractivity contribution in [2.24, 2.45) is 0 Å². The van der Waals surface area contributed by atoms with Crippen LogP contribution in [-0.2, 0) is 13.0 Å². The minimum atomic E-state index is 0.0175. The van der Waals surface area contributed by atoms with Crippen LogP contribution >= 0.6 is 0 Å². The maximum Gasteiger partial charge on any atom is 0.154 e. The second-order valence-electron chi connectivity index (χ2n) is 3.52. The normalized spacial score (nSPS) is 10.9. The number of furan rings is 1. The van der Waals surface area contributed by atoms with E-state index in [4.69, 9.17) is 15.3 Å². The van der Waals surface area contributed by atoms with E-state index < -0.39 is 0 Å². The number of aliphatic hydroxyl groups is 1. The van der Waals surface area contributed by atoms with Crippen molar-refractivity contribution in [3.05, 3.63) is 24.0 Å². The number of aryl methyl sites for hydroxylation is 1. The number of anilines is 1. The highest BCUT2D eigenvalue weighted by Crippen LogP contribution is 2.22. The van der Waals surface area contributed by atoms with Gasteiger partial charge < -0.3 is 15.3 Å². The third-order valence-corrected chi connectivity index (χ3v) is 2.39. The van der Waals surface area contributed by atoms with Gasteiger partial charge in [-0.3, -0.25) is 0 Å². The molecule has 0 atom stereocenters. The maximum atomic E-state index is 8.83. The summed E-state index contributed by atoms with van der Waals surface area (Å²) in [5.74, 6) is 2.16. The Balaban J connectivity index is 2.29. The van der Waals surface area contributed by atoms with Crippen molar-refractivity contribution >= 4 is 5.82 Å². The lowest BCUT2D eigenvalue weighted by molar-refractivity contribution is 0.270. The first-order valence-corrected chi connectivity index (χ1v) is 5.28. The summed E-state index contributed by atoms with van der Waals surface area (Å²) in [6.07, 6.45) is 0.854.